The van der Waals surface area contributed by atoms with Gasteiger partial charge in [-0.1, -0.05) is 6.42 Å². The molecule has 2 amide bonds. The molecule has 3 saturated heterocycles. The van der Waals surface area contributed by atoms with Gasteiger partial charge in [0.15, 0.2) is 0 Å². The van der Waals surface area contributed by atoms with Crippen molar-refractivity contribution in [2.75, 3.05) is 39.3 Å². The van der Waals surface area contributed by atoms with Gasteiger partial charge in [0.05, 0.1) is 0 Å². The Morgan fingerprint density at radius 1 is 0.824 bits per heavy atom. The molecule has 0 N–H and O–H groups in total. The Labute approximate surface area is 104 Å². The first-order chi connectivity index (χ1) is 8.34. The van der Waals surface area contributed by atoms with Crippen LogP contribution in [0.25, 0.3) is 0 Å². The van der Waals surface area contributed by atoms with Gasteiger partial charge in [-0.25, -0.2) is 4.79 Å². The molecular formula is C13H23N3O. The molecule has 0 aromatic rings. The summed E-state index contributed by atoms with van der Waals surface area (Å²) in [5.74, 6) is 0. The predicted molar refractivity (Wildman–Crippen MR) is 67.0 cm³/mol. The minimum absolute atomic E-state index is 0.299. The number of hydrogen-bond donors (Lipinski definition) is 0. The van der Waals surface area contributed by atoms with E-state index in [0.717, 1.165) is 32.7 Å². The van der Waals surface area contributed by atoms with Crippen molar-refractivity contribution >= 4 is 6.03 Å². The third-order valence-corrected chi connectivity index (χ3v) is 4.48. The van der Waals surface area contributed by atoms with Crippen LogP contribution >= 0.6 is 0 Å². The molecule has 3 aliphatic rings. The molecule has 0 saturated carbocycles. The van der Waals surface area contributed by atoms with Gasteiger partial charge in [0.2, 0.25) is 0 Å². The van der Waals surface area contributed by atoms with Crippen molar-refractivity contribution in [3.05, 3.63) is 0 Å². The minimum Gasteiger partial charge on any atom is -0.325 e. The Kier molecular flexibility index (Phi) is 3.23. The van der Waals surface area contributed by atoms with Crippen molar-refractivity contribution in [2.45, 2.75) is 38.1 Å². The number of urea groups is 1. The van der Waals surface area contributed by atoms with E-state index in [0.29, 0.717) is 12.1 Å². The fraction of sp³-hybridized carbons (Fsp3) is 0.923. The summed E-state index contributed by atoms with van der Waals surface area (Å²) in [7, 11) is 0. The first kappa shape index (κ1) is 11.3. The van der Waals surface area contributed by atoms with Gasteiger partial charge in [-0.15, -0.1) is 0 Å². The third-order valence-electron chi connectivity index (χ3n) is 4.48. The number of carbonyl (C=O) groups excluding carboxylic acids is 1. The van der Waals surface area contributed by atoms with Crippen LogP contribution in [0, 0.1) is 0 Å². The second-order valence-electron chi connectivity index (χ2n) is 5.61. The molecule has 1 atom stereocenters. The first-order valence-corrected chi connectivity index (χ1v) is 7.12. The highest BCUT2D eigenvalue weighted by molar-refractivity contribution is 5.74. The lowest BCUT2D eigenvalue weighted by Crippen LogP contribution is -2.58. The first-order valence-electron chi connectivity index (χ1n) is 7.12. The van der Waals surface area contributed by atoms with Crippen LogP contribution in [-0.2, 0) is 0 Å². The molecule has 0 radical (unpaired) electrons. The number of carbonyl (C=O) groups is 1. The van der Waals surface area contributed by atoms with Gasteiger partial charge < -0.3 is 9.80 Å². The number of fused-ring (bicyclic) bond motifs is 1. The highest BCUT2D eigenvalue weighted by atomic mass is 16.2. The van der Waals surface area contributed by atoms with E-state index in [1.807, 2.05) is 4.90 Å². The maximum absolute atomic E-state index is 12.3. The van der Waals surface area contributed by atoms with Crippen molar-refractivity contribution in [2.24, 2.45) is 0 Å². The van der Waals surface area contributed by atoms with E-state index in [1.54, 1.807) is 0 Å². The topological polar surface area (TPSA) is 26.8 Å². The molecule has 0 spiro atoms. The monoisotopic (exact) mass is 237 g/mol. The lowest BCUT2D eigenvalue weighted by molar-refractivity contribution is 0.0555. The van der Waals surface area contributed by atoms with Gasteiger partial charge in [0, 0.05) is 38.8 Å². The Hall–Kier alpha value is -0.770. The van der Waals surface area contributed by atoms with E-state index in [2.05, 4.69) is 9.80 Å². The van der Waals surface area contributed by atoms with E-state index < -0.39 is 0 Å². The van der Waals surface area contributed by atoms with E-state index >= 15 is 0 Å². The van der Waals surface area contributed by atoms with Gasteiger partial charge in [-0.05, 0) is 32.2 Å². The van der Waals surface area contributed by atoms with Crippen LogP contribution in [0.3, 0.4) is 0 Å². The van der Waals surface area contributed by atoms with E-state index in [1.165, 1.54) is 38.6 Å². The van der Waals surface area contributed by atoms with Gasteiger partial charge in [-0.3, -0.25) is 4.90 Å². The molecule has 1 unspecified atom stereocenters. The number of nitrogens with zero attached hydrogens (tertiary/aromatic N) is 3. The van der Waals surface area contributed by atoms with Crippen molar-refractivity contribution < 1.29 is 4.79 Å². The summed E-state index contributed by atoms with van der Waals surface area (Å²) in [5.41, 5.74) is 0. The van der Waals surface area contributed by atoms with Crippen LogP contribution in [-0.4, -0.2) is 66.0 Å². The fourth-order valence-electron chi connectivity index (χ4n) is 3.44. The molecule has 17 heavy (non-hydrogen) atoms. The van der Waals surface area contributed by atoms with Crippen LogP contribution in [0.1, 0.15) is 32.1 Å². The molecule has 0 bridgehead atoms. The molecule has 0 aromatic carbocycles. The summed E-state index contributed by atoms with van der Waals surface area (Å²) in [5, 5.41) is 0. The Bertz CT molecular complexity index is 288. The lowest BCUT2D eigenvalue weighted by Gasteiger charge is -2.44. The van der Waals surface area contributed by atoms with Crippen LogP contribution < -0.4 is 0 Å². The zero-order valence-corrected chi connectivity index (χ0v) is 10.6. The maximum atomic E-state index is 12.3. The number of piperidine rings is 1. The van der Waals surface area contributed by atoms with Gasteiger partial charge in [0.25, 0.3) is 0 Å². The third kappa shape index (κ3) is 2.28. The van der Waals surface area contributed by atoms with Crippen LogP contribution in [0.4, 0.5) is 4.79 Å². The number of likely N-dealkylation sites (tertiary alicyclic amines) is 1. The van der Waals surface area contributed by atoms with Crippen molar-refractivity contribution in [1.29, 1.82) is 0 Å². The second-order valence-corrected chi connectivity index (χ2v) is 5.61. The summed E-state index contributed by atoms with van der Waals surface area (Å²) in [4.78, 5) is 19.0. The van der Waals surface area contributed by atoms with Gasteiger partial charge in [-0.2, -0.15) is 0 Å². The molecule has 4 nitrogen and oxygen atoms in total. The van der Waals surface area contributed by atoms with Crippen molar-refractivity contribution in [3.63, 3.8) is 0 Å². The Morgan fingerprint density at radius 3 is 2.41 bits per heavy atom. The van der Waals surface area contributed by atoms with Gasteiger partial charge >= 0.3 is 6.03 Å². The zero-order valence-electron chi connectivity index (χ0n) is 10.6. The number of piperazine rings is 1. The second kappa shape index (κ2) is 4.84. The normalized spacial score (nSPS) is 30.5. The van der Waals surface area contributed by atoms with Crippen molar-refractivity contribution in [3.8, 4) is 0 Å². The molecule has 0 aromatic heterocycles. The summed E-state index contributed by atoms with van der Waals surface area (Å²) >= 11 is 0. The highest BCUT2D eigenvalue weighted by Crippen LogP contribution is 2.22. The SMILES string of the molecule is O=C(N1CCCC1)N1CCN2CCCCC2C1. The molecule has 4 heteroatoms. The Morgan fingerprint density at radius 2 is 1.59 bits per heavy atom. The minimum atomic E-state index is 0.299. The molecule has 3 aliphatic heterocycles. The average Bonchev–Trinajstić information content (AvgIpc) is 2.91. The zero-order chi connectivity index (χ0) is 11.7. The molecule has 96 valence electrons. The fourth-order valence-corrected chi connectivity index (χ4v) is 3.44. The smallest absolute Gasteiger partial charge is 0.320 e. The van der Waals surface area contributed by atoms with E-state index in [-0.39, 0.29) is 0 Å². The summed E-state index contributed by atoms with van der Waals surface area (Å²) in [6.07, 6.45) is 6.34. The molecule has 3 heterocycles. The van der Waals surface area contributed by atoms with E-state index in [4.69, 9.17) is 0 Å². The molecular weight excluding hydrogens is 214 g/mol. The maximum Gasteiger partial charge on any atom is 0.320 e. The summed E-state index contributed by atoms with van der Waals surface area (Å²) in [6.45, 7) is 6.19. The van der Waals surface area contributed by atoms with Crippen LogP contribution in [0.5, 0.6) is 0 Å². The summed E-state index contributed by atoms with van der Waals surface area (Å²) in [6, 6.07) is 0.941. The van der Waals surface area contributed by atoms with Gasteiger partial charge in [0.1, 0.15) is 0 Å². The van der Waals surface area contributed by atoms with E-state index in [9.17, 15) is 4.79 Å². The molecule has 3 fully saturated rings. The quantitative estimate of drug-likeness (QED) is 0.636. The number of rotatable bonds is 0. The average molecular weight is 237 g/mol. The number of amides is 2. The lowest BCUT2D eigenvalue weighted by atomic mass is 10.00. The largest absolute Gasteiger partial charge is 0.325 e. The predicted octanol–water partition coefficient (Wildman–Crippen LogP) is 1.37. The highest BCUT2D eigenvalue weighted by Gasteiger charge is 2.33. The van der Waals surface area contributed by atoms with Crippen LogP contribution in [0.15, 0.2) is 0 Å². The Balaban J connectivity index is 1.59. The summed E-state index contributed by atoms with van der Waals surface area (Å²) < 4.78 is 0. The standard InChI is InChI=1S/C13H23N3O/c17-13(15-7-3-4-8-15)16-10-9-14-6-2-1-5-12(14)11-16/h12H,1-11H2. The number of hydrogen-bond acceptors (Lipinski definition) is 2. The van der Waals surface area contributed by atoms with Crippen LogP contribution in [0.2, 0.25) is 0 Å². The molecule has 3 rings (SSSR count). The molecule has 0 aliphatic carbocycles. The van der Waals surface area contributed by atoms with Crippen molar-refractivity contribution in [1.82, 2.24) is 14.7 Å².